The first-order valence-corrected chi connectivity index (χ1v) is 6.26. The van der Waals surface area contributed by atoms with Crippen molar-refractivity contribution in [2.24, 2.45) is 5.10 Å². The van der Waals surface area contributed by atoms with Crippen molar-refractivity contribution < 1.29 is 9.70 Å². The fourth-order valence-electron chi connectivity index (χ4n) is 1.95. The Morgan fingerprint density at radius 3 is 2.05 bits per heavy atom. The van der Waals surface area contributed by atoms with Gasteiger partial charge in [-0.1, -0.05) is 65.8 Å². The van der Waals surface area contributed by atoms with Crippen molar-refractivity contribution >= 4 is 5.90 Å². The lowest BCUT2D eigenvalue weighted by molar-refractivity contribution is -0.911. The zero-order valence-electron chi connectivity index (χ0n) is 11.3. The molecular weight excluding hydrogens is 236 g/mol. The highest BCUT2D eigenvalue weighted by atomic mass is 16.3. The highest BCUT2D eigenvalue weighted by Gasteiger charge is 2.14. The normalized spacial score (nSPS) is 12.4. The summed E-state index contributed by atoms with van der Waals surface area (Å²) in [5, 5.41) is 16.3. The van der Waals surface area contributed by atoms with Crippen molar-refractivity contribution in [3.8, 4) is 0 Å². The maximum Gasteiger partial charge on any atom is 0.128 e. The van der Waals surface area contributed by atoms with E-state index < -0.39 is 0 Å². The van der Waals surface area contributed by atoms with Crippen LogP contribution in [0.15, 0.2) is 65.8 Å². The third-order valence-corrected chi connectivity index (χ3v) is 2.79. The predicted octanol–water partition coefficient (Wildman–Crippen LogP) is 1.99. The van der Waals surface area contributed by atoms with Crippen molar-refractivity contribution in [1.82, 2.24) is 0 Å². The molecule has 0 radical (unpaired) electrons. The average molecular weight is 254 g/mol. The summed E-state index contributed by atoms with van der Waals surface area (Å²) in [5.41, 5.74) is 1.79. The lowest BCUT2D eigenvalue weighted by Crippen LogP contribution is -2.36. The molecular formula is C16H18N2O. The molecule has 0 aromatic heterocycles. The molecule has 0 amide bonds. The van der Waals surface area contributed by atoms with Crippen LogP contribution in [0.25, 0.3) is 0 Å². The summed E-state index contributed by atoms with van der Waals surface area (Å²) in [6.45, 7) is 0.694. The molecule has 0 atom stereocenters. The number of quaternary nitrogens is 1. The van der Waals surface area contributed by atoms with Gasteiger partial charge in [0.15, 0.2) is 0 Å². The van der Waals surface area contributed by atoms with Crippen LogP contribution >= 0.6 is 0 Å². The zero-order chi connectivity index (χ0) is 13.7. The molecule has 0 saturated heterocycles. The van der Waals surface area contributed by atoms with E-state index in [4.69, 9.17) is 0 Å². The van der Waals surface area contributed by atoms with Gasteiger partial charge in [-0.25, -0.2) is 0 Å². The van der Waals surface area contributed by atoms with Crippen molar-refractivity contribution in [3.05, 3.63) is 71.8 Å². The van der Waals surface area contributed by atoms with E-state index in [1.807, 2.05) is 62.6 Å². The molecule has 0 N–H and O–H groups in total. The van der Waals surface area contributed by atoms with Crippen molar-refractivity contribution in [2.75, 3.05) is 14.1 Å². The molecule has 2 rings (SSSR count). The van der Waals surface area contributed by atoms with Gasteiger partial charge in [0.1, 0.15) is 6.54 Å². The Kier molecular flexibility index (Phi) is 3.97. The summed E-state index contributed by atoms with van der Waals surface area (Å²) in [6.07, 6.45) is 0. The Bertz CT molecular complexity index is 547. The van der Waals surface area contributed by atoms with Crippen molar-refractivity contribution in [2.45, 2.75) is 6.54 Å². The van der Waals surface area contributed by atoms with E-state index in [0.717, 1.165) is 5.56 Å². The Morgan fingerprint density at radius 1 is 0.947 bits per heavy atom. The fourth-order valence-corrected chi connectivity index (χ4v) is 1.95. The van der Waals surface area contributed by atoms with Crippen LogP contribution in [0.3, 0.4) is 0 Å². The van der Waals surface area contributed by atoms with Crippen LogP contribution in [0.4, 0.5) is 0 Å². The molecule has 2 aromatic rings. The SMILES string of the molecule is C[N+](C)(Cc1ccccc1)/N=C(\[O-])c1ccccc1. The van der Waals surface area contributed by atoms with Gasteiger partial charge >= 0.3 is 0 Å². The third-order valence-electron chi connectivity index (χ3n) is 2.79. The zero-order valence-corrected chi connectivity index (χ0v) is 11.3. The maximum atomic E-state index is 12.1. The average Bonchev–Trinajstić information content (AvgIpc) is 2.39. The smallest absolute Gasteiger partial charge is 0.128 e. The molecule has 0 aliphatic rings. The van der Waals surface area contributed by atoms with Crippen LogP contribution in [0.1, 0.15) is 11.1 Å². The summed E-state index contributed by atoms with van der Waals surface area (Å²) in [4.78, 5) is 0. The van der Waals surface area contributed by atoms with E-state index in [2.05, 4.69) is 5.10 Å². The van der Waals surface area contributed by atoms with E-state index in [0.29, 0.717) is 12.1 Å². The van der Waals surface area contributed by atoms with Crippen LogP contribution < -0.4 is 5.11 Å². The topological polar surface area (TPSA) is 35.4 Å². The Balaban J connectivity index is 2.16. The van der Waals surface area contributed by atoms with E-state index in [1.165, 1.54) is 0 Å². The molecule has 0 spiro atoms. The van der Waals surface area contributed by atoms with Crippen LogP contribution in [0.2, 0.25) is 0 Å². The molecule has 19 heavy (non-hydrogen) atoms. The van der Waals surface area contributed by atoms with Crippen LogP contribution in [-0.2, 0) is 6.54 Å². The number of hydrogen-bond acceptors (Lipinski definition) is 2. The minimum Gasteiger partial charge on any atom is -0.855 e. The summed E-state index contributed by atoms with van der Waals surface area (Å²) in [7, 11) is 3.85. The first-order chi connectivity index (χ1) is 9.07. The highest BCUT2D eigenvalue weighted by molar-refractivity contribution is 5.89. The number of nitrogens with zero attached hydrogens (tertiary/aromatic N) is 2. The van der Waals surface area contributed by atoms with Crippen LogP contribution in [0.5, 0.6) is 0 Å². The predicted molar refractivity (Wildman–Crippen MR) is 75.2 cm³/mol. The quantitative estimate of drug-likeness (QED) is 0.356. The molecule has 3 nitrogen and oxygen atoms in total. The molecule has 0 saturated carbocycles. The second-order valence-corrected chi connectivity index (χ2v) is 5.04. The first-order valence-electron chi connectivity index (χ1n) is 6.26. The molecule has 98 valence electrons. The Hall–Kier alpha value is -2.13. The largest absolute Gasteiger partial charge is 0.855 e. The van der Waals surface area contributed by atoms with Crippen molar-refractivity contribution in [1.29, 1.82) is 0 Å². The first kappa shape index (κ1) is 13.3. The number of benzene rings is 2. The lowest BCUT2D eigenvalue weighted by atomic mass is 10.2. The van der Waals surface area contributed by atoms with Gasteiger partial charge in [-0.05, 0) is 5.56 Å². The maximum absolute atomic E-state index is 12.1. The standard InChI is InChI=1S/C16H18N2O/c1-18(2,13-14-9-5-3-6-10-14)17-16(19)15-11-7-4-8-12-15/h3-12H,13H2,1-2H3. The van der Waals surface area contributed by atoms with Gasteiger partial charge in [0.05, 0.1) is 20.0 Å². The van der Waals surface area contributed by atoms with Gasteiger partial charge in [0, 0.05) is 5.56 Å². The van der Waals surface area contributed by atoms with E-state index in [-0.39, 0.29) is 10.5 Å². The molecule has 0 fully saturated rings. The van der Waals surface area contributed by atoms with Gasteiger partial charge in [0.25, 0.3) is 0 Å². The van der Waals surface area contributed by atoms with Gasteiger partial charge in [0.2, 0.25) is 0 Å². The minimum atomic E-state index is -0.179. The van der Waals surface area contributed by atoms with Crippen molar-refractivity contribution in [3.63, 3.8) is 0 Å². The van der Waals surface area contributed by atoms with Crippen LogP contribution in [0, 0.1) is 0 Å². The third kappa shape index (κ3) is 3.93. The molecule has 0 bridgehead atoms. The number of hydrogen-bond donors (Lipinski definition) is 0. The monoisotopic (exact) mass is 254 g/mol. The second-order valence-electron chi connectivity index (χ2n) is 5.04. The lowest BCUT2D eigenvalue weighted by Gasteiger charge is -2.25. The van der Waals surface area contributed by atoms with E-state index in [1.54, 1.807) is 12.1 Å². The summed E-state index contributed by atoms with van der Waals surface area (Å²) >= 11 is 0. The summed E-state index contributed by atoms with van der Waals surface area (Å²) < 4.78 is 0.289. The van der Waals surface area contributed by atoms with Gasteiger partial charge < -0.3 is 5.11 Å². The molecule has 0 aliphatic carbocycles. The highest BCUT2D eigenvalue weighted by Crippen LogP contribution is 2.10. The molecule has 3 heteroatoms. The summed E-state index contributed by atoms with van der Waals surface area (Å²) in [6, 6.07) is 19.2. The molecule has 2 aromatic carbocycles. The van der Waals surface area contributed by atoms with E-state index >= 15 is 0 Å². The molecule has 0 heterocycles. The van der Waals surface area contributed by atoms with E-state index in [9.17, 15) is 5.11 Å². The van der Waals surface area contributed by atoms with Gasteiger partial charge in [-0.3, -0.25) is 0 Å². The van der Waals surface area contributed by atoms with Gasteiger partial charge in [-0.2, -0.15) is 4.59 Å². The van der Waals surface area contributed by atoms with Gasteiger partial charge in [-0.15, -0.1) is 0 Å². The van der Waals surface area contributed by atoms with Crippen LogP contribution in [-0.4, -0.2) is 24.6 Å². The molecule has 0 unspecified atom stereocenters. The molecule has 0 aliphatic heterocycles. The minimum absolute atomic E-state index is 0.179. The Morgan fingerprint density at radius 2 is 1.47 bits per heavy atom. The fraction of sp³-hybridized carbons (Fsp3) is 0.188. The second kappa shape index (κ2) is 5.67. The number of rotatable bonds is 4. The Labute approximate surface area is 114 Å². The summed E-state index contributed by atoms with van der Waals surface area (Å²) in [5.74, 6) is -0.179.